The Bertz CT molecular complexity index is 478. The Kier molecular flexibility index (Phi) is 2.50. The van der Waals surface area contributed by atoms with Gasteiger partial charge in [-0.15, -0.1) is 0 Å². The van der Waals surface area contributed by atoms with Crippen molar-refractivity contribution in [3.05, 3.63) is 0 Å². The molecule has 1 spiro atoms. The van der Waals surface area contributed by atoms with Crippen LogP contribution in [0.25, 0.3) is 0 Å². The summed E-state index contributed by atoms with van der Waals surface area (Å²) in [5.74, 6) is 0.172. The lowest BCUT2D eigenvalue weighted by Gasteiger charge is -2.59. The van der Waals surface area contributed by atoms with Gasteiger partial charge in [0, 0.05) is 18.9 Å². The Morgan fingerprint density at radius 2 is 2.05 bits per heavy atom. The van der Waals surface area contributed by atoms with E-state index < -0.39 is 5.60 Å². The van der Waals surface area contributed by atoms with E-state index in [1.54, 1.807) is 0 Å². The SMILES string of the molecule is O=C1C[C@@H]2[C@](O)(CCN3C(=O)C[C@@H]4CCCC[C@]423)CO1. The molecule has 0 aromatic rings. The summed E-state index contributed by atoms with van der Waals surface area (Å²) in [6.45, 7) is 0.715. The Morgan fingerprint density at radius 1 is 1.20 bits per heavy atom. The number of amides is 1. The predicted molar refractivity (Wildman–Crippen MR) is 69.7 cm³/mol. The summed E-state index contributed by atoms with van der Waals surface area (Å²) in [5, 5.41) is 11.0. The lowest BCUT2D eigenvalue weighted by molar-refractivity contribution is -0.212. The molecular weight excluding hydrogens is 258 g/mol. The van der Waals surface area contributed by atoms with Gasteiger partial charge < -0.3 is 14.7 Å². The number of cyclic esters (lactones) is 1. The number of nitrogens with zero attached hydrogens (tertiary/aromatic N) is 1. The third-order valence-electron chi connectivity index (χ3n) is 6.19. The maximum atomic E-state index is 12.4. The molecule has 0 aromatic carbocycles. The molecule has 1 amide bonds. The number of ether oxygens (including phenoxy) is 1. The topological polar surface area (TPSA) is 66.8 Å². The Morgan fingerprint density at radius 3 is 2.90 bits per heavy atom. The van der Waals surface area contributed by atoms with Crippen molar-refractivity contribution in [1.29, 1.82) is 0 Å². The van der Waals surface area contributed by atoms with Crippen molar-refractivity contribution in [3.8, 4) is 0 Å². The number of carbonyl (C=O) groups is 2. The third kappa shape index (κ3) is 1.42. The van der Waals surface area contributed by atoms with Gasteiger partial charge in [-0.05, 0) is 25.2 Å². The van der Waals surface area contributed by atoms with E-state index in [1.807, 2.05) is 4.90 Å². The summed E-state index contributed by atoms with van der Waals surface area (Å²) in [4.78, 5) is 26.1. The molecule has 0 bridgehead atoms. The third-order valence-corrected chi connectivity index (χ3v) is 6.19. The number of esters is 1. The maximum Gasteiger partial charge on any atom is 0.306 e. The van der Waals surface area contributed by atoms with E-state index in [-0.39, 0.29) is 36.4 Å². The van der Waals surface area contributed by atoms with Crippen molar-refractivity contribution >= 4 is 11.9 Å². The van der Waals surface area contributed by atoms with Gasteiger partial charge in [0.25, 0.3) is 0 Å². The number of fused-ring (bicyclic) bond motifs is 1. The second-order valence-electron chi connectivity index (χ2n) is 6.95. The molecule has 20 heavy (non-hydrogen) atoms. The zero-order chi connectivity index (χ0) is 14.0. The van der Waals surface area contributed by atoms with E-state index >= 15 is 0 Å². The first-order valence-corrected chi connectivity index (χ1v) is 7.75. The number of carbonyl (C=O) groups excluding carboxylic acids is 2. The van der Waals surface area contributed by atoms with Crippen molar-refractivity contribution in [3.63, 3.8) is 0 Å². The molecule has 4 rings (SSSR count). The van der Waals surface area contributed by atoms with Crippen LogP contribution in [-0.4, -0.2) is 46.2 Å². The fourth-order valence-corrected chi connectivity index (χ4v) is 5.34. The molecule has 5 heteroatoms. The molecule has 4 atom stereocenters. The molecular formula is C15H21NO4. The summed E-state index contributed by atoms with van der Waals surface area (Å²) in [6, 6.07) is 0. The van der Waals surface area contributed by atoms with E-state index in [9.17, 15) is 14.7 Å². The van der Waals surface area contributed by atoms with E-state index in [2.05, 4.69) is 0 Å². The van der Waals surface area contributed by atoms with Crippen LogP contribution in [0.15, 0.2) is 0 Å². The summed E-state index contributed by atoms with van der Waals surface area (Å²) in [7, 11) is 0. The highest BCUT2D eigenvalue weighted by Gasteiger charge is 2.66. The highest BCUT2D eigenvalue weighted by atomic mass is 16.5. The monoisotopic (exact) mass is 279 g/mol. The Balaban J connectivity index is 1.80. The molecule has 3 aliphatic heterocycles. The highest BCUT2D eigenvalue weighted by Crippen LogP contribution is 2.57. The lowest BCUT2D eigenvalue weighted by Crippen LogP contribution is -2.70. The van der Waals surface area contributed by atoms with Gasteiger partial charge in [0.15, 0.2) is 0 Å². The molecule has 0 aromatic heterocycles. The number of rotatable bonds is 0. The van der Waals surface area contributed by atoms with Crippen molar-refractivity contribution in [2.75, 3.05) is 13.2 Å². The first-order chi connectivity index (χ1) is 9.56. The van der Waals surface area contributed by atoms with Crippen molar-refractivity contribution in [1.82, 2.24) is 4.90 Å². The molecule has 0 unspecified atom stereocenters. The van der Waals surface area contributed by atoms with Gasteiger partial charge in [0.2, 0.25) is 5.91 Å². The van der Waals surface area contributed by atoms with E-state index in [1.165, 1.54) is 0 Å². The van der Waals surface area contributed by atoms with Crippen molar-refractivity contribution < 1.29 is 19.4 Å². The van der Waals surface area contributed by atoms with E-state index in [4.69, 9.17) is 4.74 Å². The molecule has 110 valence electrons. The minimum Gasteiger partial charge on any atom is -0.463 e. The summed E-state index contributed by atoms with van der Waals surface area (Å²) in [6.07, 6.45) is 5.61. The molecule has 0 radical (unpaired) electrons. The van der Waals surface area contributed by atoms with Crippen molar-refractivity contribution in [2.24, 2.45) is 11.8 Å². The minimum atomic E-state index is -0.926. The summed E-state index contributed by atoms with van der Waals surface area (Å²) in [5.41, 5.74) is -1.20. The molecule has 1 aliphatic carbocycles. The van der Waals surface area contributed by atoms with Gasteiger partial charge in [0.1, 0.15) is 12.2 Å². The average Bonchev–Trinajstić information content (AvgIpc) is 2.73. The molecule has 4 fully saturated rings. The zero-order valence-corrected chi connectivity index (χ0v) is 11.6. The number of aliphatic hydroxyl groups is 1. The average molecular weight is 279 g/mol. The second kappa shape index (κ2) is 3.97. The van der Waals surface area contributed by atoms with Gasteiger partial charge in [-0.1, -0.05) is 12.8 Å². The zero-order valence-electron chi connectivity index (χ0n) is 11.6. The van der Waals surface area contributed by atoms with Gasteiger partial charge in [0.05, 0.1) is 12.0 Å². The smallest absolute Gasteiger partial charge is 0.306 e. The highest BCUT2D eigenvalue weighted by molar-refractivity contribution is 5.81. The Labute approximate surface area is 118 Å². The van der Waals surface area contributed by atoms with Crippen LogP contribution in [0.3, 0.4) is 0 Å². The van der Waals surface area contributed by atoms with Crippen LogP contribution in [0.1, 0.15) is 44.9 Å². The fourth-order valence-electron chi connectivity index (χ4n) is 5.34. The van der Waals surface area contributed by atoms with Gasteiger partial charge in [-0.2, -0.15) is 0 Å². The van der Waals surface area contributed by atoms with Crippen LogP contribution in [0.5, 0.6) is 0 Å². The van der Waals surface area contributed by atoms with Crippen molar-refractivity contribution in [2.45, 2.75) is 56.1 Å². The van der Waals surface area contributed by atoms with Crippen LogP contribution in [0.2, 0.25) is 0 Å². The lowest BCUT2D eigenvalue weighted by atomic mass is 9.57. The summed E-state index contributed by atoms with van der Waals surface area (Å²) < 4.78 is 5.11. The van der Waals surface area contributed by atoms with E-state index in [0.29, 0.717) is 25.3 Å². The molecule has 1 N–H and O–H groups in total. The van der Waals surface area contributed by atoms with Crippen LogP contribution in [-0.2, 0) is 14.3 Å². The maximum absolute atomic E-state index is 12.4. The quantitative estimate of drug-likeness (QED) is 0.667. The normalized spacial score (nSPS) is 47.4. The largest absolute Gasteiger partial charge is 0.463 e. The molecule has 4 aliphatic rings. The second-order valence-corrected chi connectivity index (χ2v) is 6.95. The minimum absolute atomic E-state index is 0.104. The molecule has 3 heterocycles. The first kappa shape index (κ1) is 12.6. The predicted octanol–water partition coefficient (Wildman–Crippen LogP) is 0.846. The Hall–Kier alpha value is -1.10. The summed E-state index contributed by atoms with van der Waals surface area (Å²) >= 11 is 0. The van der Waals surface area contributed by atoms with Gasteiger partial charge in [-0.25, -0.2) is 0 Å². The van der Waals surface area contributed by atoms with Gasteiger partial charge >= 0.3 is 5.97 Å². The number of hydrogen-bond acceptors (Lipinski definition) is 4. The van der Waals surface area contributed by atoms with Gasteiger partial charge in [-0.3, -0.25) is 9.59 Å². The first-order valence-electron chi connectivity index (χ1n) is 7.75. The van der Waals surface area contributed by atoms with E-state index in [0.717, 1.165) is 25.7 Å². The molecule has 5 nitrogen and oxygen atoms in total. The number of hydrogen-bond donors (Lipinski definition) is 1. The fraction of sp³-hybridized carbons (Fsp3) is 0.867. The van der Waals surface area contributed by atoms with Crippen LogP contribution in [0.4, 0.5) is 0 Å². The molecule has 3 saturated heterocycles. The standard InChI is InChI=1S/C15H21NO4/c17-12-7-10-3-1-2-4-15(10)11-8-13(18)20-9-14(11,19)5-6-16(12)15/h10-11,19H,1-9H2/t10-,11+,14-,15-/m0/s1. The van der Waals surface area contributed by atoms with Crippen LogP contribution >= 0.6 is 0 Å². The van der Waals surface area contributed by atoms with Crippen LogP contribution in [0, 0.1) is 11.8 Å². The number of piperidine rings is 1. The molecule has 1 saturated carbocycles. The van der Waals surface area contributed by atoms with Crippen LogP contribution < -0.4 is 0 Å².